The van der Waals surface area contributed by atoms with Gasteiger partial charge < -0.3 is 10.6 Å². The third-order valence-corrected chi connectivity index (χ3v) is 7.06. The van der Waals surface area contributed by atoms with Crippen molar-refractivity contribution < 1.29 is 22.4 Å². The molecule has 0 spiro atoms. The van der Waals surface area contributed by atoms with Crippen molar-refractivity contribution in [1.29, 1.82) is 0 Å². The maximum Gasteiger partial charge on any atom is 0.254 e. The average molecular weight is 454 g/mol. The number of halogens is 2. The predicted molar refractivity (Wildman–Crippen MR) is 111 cm³/mol. The van der Waals surface area contributed by atoms with Crippen molar-refractivity contribution in [2.45, 2.75) is 24.2 Å². The number of amides is 2. The number of sulfonamides is 1. The Morgan fingerprint density at radius 2 is 1.77 bits per heavy atom. The summed E-state index contributed by atoms with van der Waals surface area (Å²) in [7, 11) is -3.78. The predicted octanol–water partition coefficient (Wildman–Crippen LogP) is 3.02. The van der Waals surface area contributed by atoms with E-state index in [-0.39, 0.29) is 21.2 Å². The lowest BCUT2D eigenvalue weighted by molar-refractivity contribution is -0.115. The van der Waals surface area contributed by atoms with Gasteiger partial charge in [-0.2, -0.15) is 4.31 Å². The van der Waals surface area contributed by atoms with Crippen molar-refractivity contribution in [3.05, 3.63) is 58.9 Å². The van der Waals surface area contributed by atoms with Crippen LogP contribution in [-0.2, 0) is 14.8 Å². The summed E-state index contributed by atoms with van der Waals surface area (Å²) < 4.78 is 40.8. The van der Waals surface area contributed by atoms with Crippen molar-refractivity contribution in [2.24, 2.45) is 0 Å². The molecule has 160 valence electrons. The number of carbonyl (C=O) groups excluding carboxylic acids is 2. The first-order valence-corrected chi connectivity index (χ1v) is 11.2. The molecule has 0 atom stereocenters. The highest BCUT2D eigenvalue weighted by molar-refractivity contribution is 7.89. The van der Waals surface area contributed by atoms with Crippen molar-refractivity contribution in [3.63, 3.8) is 0 Å². The first kappa shape index (κ1) is 22.2. The lowest BCUT2D eigenvalue weighted by Crippen LogP contribution is -2.36. The van der Waals surface area contributed by atoms with Crippen molar-refractivity contribution in [1.82, 2.24) is 9.62 Å². The molecule has 0 saturated carbocycles. The van der Waals surface area contributed by atoms with Crippen LogP contribution in [0.2, 0.25) is 5.02 Å². The van der Waals surface area contributed by atoms with Gasteiger partial charge in [-0.25, -0.2) is 12.8 Å². The molecule has 2 aromatic rings. The molecule has 1 saturated heterocycles. The SMILES string of the molecule is O=C(CNC(=O)c1ccccc1F)Nc1ccc(Cl)c(S(=O)(=O)N2CCCCC2)c1. The third kappa shape index (κ3) is 5.16. The van der Waals surface area contributed by atoms with E-state index in [4.69, 9.17) is 11.6 Å². The molecule has 2 aromatic carbocycles. The van der Waals surface area contributed by atoms with Gasteiger partial charge in [-0.1, -0.05) is 30.2 Å². The Kier molecular flexibility index (Phi) is 7.06. The minimum atomic E-state index is -3.78. The summed E-state index contributed by atoms with van der Waals surface area (Å²) in [4.78, 5) is 24.1. The summed E-state index contributed by atoms with van der Waals surface area (Å²) >= 11 is 6.11. The van der Waals surface area contributed by atoms with Gasteiger partial charge in [0.05, 0.1) is 17.1 Å². The minimum Gasteiger partial charge on any atom is -0.343 e. The highest BCUT2D eigenvalue weighted by Crippen LogP contribution is 2.29. The largest absolute Gasteiger partial charge is 0.343 e. The second-order valence-corrected chi connectivity index (χ2v) is 9.13. The molecule has 1 aliphatic rings. The molecule has 2 amide bonds. The molecule has 0 unspecified atom stereocenters. The number of benzene rings is 2. The summed E-state index contributed by atoms with van der Waals surface area (Å²) in [5, 5.41) is 4.90. The summed E-state index contributed by atoms with van der Waals surface area (Å²) in [6.07, 6.45) is 2.55. The quantitative estimate of drug-likeness (QED) is 0.702. The molecule has 2 N–H and O–H groups in total. The van der Waals surface area contributed by atoms with E-state index in [1.165, 1.54) is 40.7 Å². The second-order valence-electron chi connectivity index (χ2n) is 6.82. The zero-order chi connectivity index (χ0) is 21.7. The maximum atomic E-state index is 13.6. The van der Waals surface area contributed by atoms with Crippen LogP contribution < -0.4 is 10.6 Å². The van der Waals surface area contributed by atoms with Gasteiger partial charge >= 0.3 is 0 Å². The van der Waals surface area contributed by atoms with Crippen LogP contribution in [0.1, 0.15) is 29.6 Å². The van der Waals surface area contributed by atoms with Crippen LogP contribution >= 0.6 is 11.6 Å². The zero-order valence-electron chi connectivity index (χ0n) is 16.0. The normalized spacial score (nSPS) is 14.9. The summed E-state index contributed by atoms with van der Waals surface area (Å²) in [6, 6.07) is 9.57. The minimum absolute atomic E-state index is 0.0615. The Morgan fingerprint density at radius 1 is 1.07 bits per heavy atom. The van der Waals surface area contributed by atoms with Gasteiger partial charge in [-0.05, 0) is 43.2 Å². The van der Waals surface area contributed by atoms with E-state index in [9.17, 15) is 22.4 Å². The Hall–Kier alpha value is -2.49. The number of hydrogen-bond donors (Lipinski definition) is 2. The smallest absolute Gasteiger partial charge is 0.254 e. The number of piperidine rings is 1. The van der Waals surface area contributed by atoms with Crippen LogP contribution in [-0.4, -0.2) is 44.2 Å². The third-order valence-electron chi connectivity index (χ3n) is 4.68. The lowest BCUT2D eigenvalue weighted by atomic mass is 10.2. The van der Waals surface area contributed by atoms with Crippen LogP contribution in [0, 0.1) is 5.82 Å². The fourth-order valence-corrected chi connectivity index (χ4v) is 5.15. The monoisotopic (exact) mass is 453 g/mol. The topological polar surface area (TPSA) is 95.6 Å². The molecule has 1 heterocycles. The van der Waals surface area contributed by atoms with E-state index in [1.807, 2.05) is 0 Å². The fourth-order valence-electron chi connectivity index (χ4n) is 3.13. The van der Waals surface area contributed by atoms with Gasteiger partial charge in [-0.15, -0.1) is 0 Å². The van der Waals surface area contributed by atoms with Gasteiger partial charge in [0.2, 0.25) is 15.9 Å². The number of rotatable bonds is 6. The molecular weight excluding hydrogens is 433 g/mol. The zero-order valence-corrected chi connectivity index (χ0v) is 17.6. The molecule has 1 aliphatic heterocycles. The molecule has 0 bridgehead atoms. The van der Waals surface area contributed by atoms with E-state index in [1.54, 1.807) is 0 Å². The molecule has 7 nitrogen and oxygen atoms in total. The van der Waals surface area contributed by atoms with Crippen LogP contribution in [0.3, 0.4) is 0 Å². The number of nitrogens with one attached hydrogen (secondary N) is 2. The maximum absolute atomic E-state index is 13.6. The van der Waals surface area contributed by atoms with Crippen LogP contribution in [0.5, 0.6) is 0 Å². The fraction of sp³-hybridized carbons (Fsp3) is 0.300. The molecule has 1 fully saturated rings. The number of carbonyl (C=O) groups is 2. The van der Waals surface area contributed by atoms with E-state index < -0.39 is 34.2 Å². The Bertz CT molecular complexity index is 1060. The Balaban J connectivity index is 1.67. The highest BCUT2D eigenvalue weighted by atomic mass is 35.5. The number of hydrogen-bond acceptors (Lipinski definition) is 4. The van der Waals surface area contributed by atoms with Crippen molar-refractivity contribution >= 4 is 39.1 Å². The summed E-state index contributed by atoms with van der Waals surface area (Å²) in [6.45, 7) is 0.443. The highest BCUT2D eigenvalue weighted by Gasteiger charge is 2.28. The standard InChI is InChI=1S/C20H21ClFN3O4S/c21-16-9-8-14(12-18(16)30(28,29)25-10-4-1-5-11-25)24-19(26)13-23-20(27)15-6-2-3-7-17(15)22/h2-3,6-9,12H,1,4-5,10-11,13H2,(H,23,27)(H,24,26). The van der Waals surface area contributed by atoms with Crippen molar-refractivity contribution in [3.8, 4) is 0 Å². The van der Waals surface area contributed by atoms with Gasteiger partial charge in [0.25, 0.3) is 5.91 Å². The molecule has 10 heteroatoms. The molecule has 3 rings (SSSR count). The molecule has 0 radical (unpaired) electrons. The Morgan fingerprint density at radius 3 is 2.47 bits per heavy atom. The Labute approximate surface area is 179 Å². The second kappa shape index (κ2) is 9.55. The van der Waals surface area contributed by atoms with Crippen LogP contribution in [0.25, 0.3) is 0 Å². The van der Waals surface area contributed by atoms with E-state index >= 15 is 0 Å². The van der Waals surface area contributed by atoms with Crippen LogP contribution in [0.15, 0.2) is 47.4 Å². The summed E-state index contributed by atoms with van der Waals surface area (Å²) in [5.41, 5.74) is 0.0480. The molecule has 0 aromatic heterocycles. The van der Waals surface area contributed by atoms with Gasteiger partial charge in [0.1, 0.15) is 10.7 Å². The van der Waals surface area contributed by atoms with Gasteiger partial charge in [0.15, 0.2) is 0 Å². The van der Waals surface area contributed by atoms with Gasteiger partial charge in [-0.3, -0.25) is 9.59 Å². The van der Waals surface area contributed by atoms with E-state index in [0.29, 0.717) is 13.1 Å². The number of nitrogens with zero attached hydrogens (tertiary/aromatic N) is 1. The number of anilines is 1. The molecule has 0 aliphatic carbocycles. The van der Waals surface area contributed by atoms with Gasteiger partial charge in [0, 0.05) is 18.8 Å². The van der Waals surface area contributed by atoms with Crippen LogP contribution in [0.4, 0.5) is 10.1 Å². The molecular formula is C20H21ClFN3O4S. The molecule has 30 heavy (non-hydrogen) atoms. The van der Waals surface area contributed by atoms with Crippen molar-refractivity contribution in [2.75, 3.05) is 25.0 Å². The summed E-state index contributed by atoms with van der Waals surface area (Å²) in [5.74, 6) is -2.02. The van der Waals surface area contributed by atoms with E-state index in [0.717, 1.165) is 25.3 Å². The lowest BCUT2D eigenvalue weighted by Gasteiger charge is -2.26. The first-order valence-electron chi connectivity index (χ1n) is 9.41. The first-order chi connectivity index (χ1) is 14.3. The van der Waals surface area contributed by atoms with E-state index in [2.05, 4.69) is 10.6 Å². The average Bonchev–Trinajstić information content (AvgIpc) is 2.74.